The molecule has 0 bridgehead atoms. The summed E-state index contributed by atoms with van der Waals surface area (Å²) in [5.74, 6) is 0.696. The van der Waals surface area contributed by atoms with Gasteiger partial charge < -0.3 is 19.3 Å². The highest BCUT2D eigenvalue weighted by Crippen LogP contribution is 2.37. The van der Waals surface area contributed by atoms with Gasteiger partial charge in [-0.15, -0.1) is 0 Å². The smallest absolute Gasteiger partial charge is 0.270 e. The van der Waals surface area contributed by atoms with Crippen molar-refractivity contribution >= 4 is 17.1 Å². The molecule has 0 aliphatic carbocycles. The van der Waals surface area contributed by atoms with E-state index in [1.807, 2.05) is 19.3 Å². The third-order valence-corrected chi connectivity index (χ3v) is 4.58. The first-order chi connectivity index (χ1) is 12.1. The van der Waals surface area contributed by atoms with Crippen molar-refractivity contribution in [1.82, 2.24) is 4.98 Å². The van der Waals surface area contributed by atoms with Crippen LogP contribution in [0.1, 0.15) is 11.1 Å². The lowest BCUT2D eigenvalue weighted by molar-refractivity contribution is -0.385. The molecule has 8 nitrogen and oxygen atoms in total. The largest absolute Gasteiger partial charge is 0.467 e. The molecular formula is C17H18N4O4. The van der Waals surface area contributed by atoms with Gasteiger partial charge >= 0.3 is 0 Å². The van der Waals surface area contributed by atoms with Crippen molar-refractivity contribution in [2.75, 3.05) is 36.7 Å². The number of anilines is 2. The van der Waals surface area contributed by atoms with Crippen molar-refractivity contribution in [2.45, 2.75) is 13.2 Å². The molecular weight excluding hydrogens is 324 g/mol. The number of benzene rings is 1. The monoisotopic (exact) mass is 342 g/mol. The van der Waals surface area contributed by atoms with Gasteiger partial charge in [0.1, 0.15) is 5.75 Å². The van der Waals surface area contributed by atoms with Crippen molar-refractivity contribution < 1.29 is 14.4 Å². The fourth-order valence-corrected chi connectivity index (χ4v) is 3.33. The van der Waals surface area contributed by atoms with E-state index in [1.54, 1.807) is 12.3 Å². The predicted molar refractivity (Wildman–Crippen MR) is 91.9 cm³/mol. The van der Waals surface area contributed by atoms with Crippen molar-refractivity contribution in [2.24, 2.45) is 0 Å². The van der Waals surface area contributed by atoms with E-state index in [-0.39, 0.29) is 17.4 Å². The number of fused-ring (bicyclic) bond motifs is 2. The number of nitro benzene ring substituents is 1. The second-order valence-electron chi connectivity index (χ2n) is 6.17. The summed E-state index contributed by atoms with van der Waals surface area (Å²) in [6.07, 6.45) is 3.60. The summed E-state index contributed by atoms with van der Waals surface area (Å²) in [7, 11) is 2.05. The van der Waals surface area contributed by atoms with Crippen molar-refractivity contribution in [3.05, 3.63) is 51.8 Å². The Hall–Kier alpha value is -2.87. The Morgan fingerprint density at radius 1 is 1.32 bits per heavy atom. The third kappa shape index (κ3) is 2.85. The van der Waals surface area contributed by atoms with Crippen LogP contribution in [0.3, 0.4) is 0 Å². The zero-order valence-electron chi connectivity index (χ0n) is 13.8. The minimum atomic E-state index is -0.377. The lowest BCUT2D eigenvalue weighted by atomic mass is 10.1. The Morgan fingerprint density at radius 3 is 3.04 bits per heavy atom. The Kier molecular flexibility index (Phi) is 3.89. The fourth-order valence-electron chi connectivity index (χ4n) is 3.33. The average Bonchev–Trinajstić information content (AvgIpc) is 2.64. The van der Waals surface area contributed by atoms with Gasteiger partial charge in [0.25, 0.3) is 5.69 Å². The average molecular weight is 342 g/mol. The normalized spacial score (nSPS) is 16.0. The van der Waals surface area contributed by atoms with Crippen molar-refractivity contribution in [3.63, 3.8) is 0 Å². The summed E-state index contributed by atoms with van der Waals surface area (Å²) < 4.78 is 10.9. The first kappa shape index (κ1) is 15.6. The molecule has 0 radical (unpaired) electrons. The van der Waals surface area contributed by atoms with E-state index in [9.17, 15) is 10.1 Å². The van der Waals surface area contributed by atoms with Gasteiger partial charge in [-0.1, -0.05) is 0 Å². The molecule has 1 aromatic heterocycles. The zero-order valence-corrected chi connectivity index (χ0v) is 13.8. The number of ether oxygens (including phenoxy) is 2. The quantitative estimate of drug-likeness (QED) is 0.625. The minimum absolute atomic E-state index is 0.0587. The fraction of sp³-hybridized carbons (Fsp3) is 0.353. The predicted octanol–water partition coefficient (Wildman–Crippen LogP) is 2.31. The maximum absolute atomic E-state index is 11.3. The minimum Gasteiger partial charge on any atom is -0.467 e. The van der Waals surface area contributed by atoms with Crippen LogP contribution in [0, 0.1) is 10.1 Å². The topological polar surface area (TPSA) is 81.0 Å². The van der Waals surface area contributed by atoms with Gasteiger partial charge in [-0.3, -0.25) is 15.1 Å². The molecule has 0 amide bonds. The maximum atomic E-state index is 11.3. The Labute approximate surface area is 144 Å². The number of hydrogen-bond acceptors (Lipinski definition) is 7. The lowest BCUT2D eigenvalue weighted by Gasteiger charge is -2.37. The van der Waals surface area contributed by atoms with Gasteiger partial charge in [-0.05, 0) is 6.07 Å². The molecule has 25 heavy (non-hydrogen) atoms. The molecule has 0 saturated carbocycles. The van der Waals surface area contributed by atoms with E-state index in [1.165, 1.54) is 6.07 Å². The van der Waals surface area contributed by atoms with Gasteiger partial charge in [-0.2, -0.15) is 0 Å². The van der Waals surface area contributed by atoms with Crippen LogP contribution in [0.2, 0.25) is 0 Å². The van der Waals surface area contributed by atoms with E-state index >= 15 is 0 Å². The zero-order chi connectivity index (χ0) is 17.4. The summed E-state index contributed by atoms with van der Waals surface area (Å²) >= 11 is 0. The van der Waals surface area contributed by atoms with E-state index in [0.717, 1.165) is 35.6 Å². The van der Waals surface area contributed by atoms with Crippen LogP contribution in [-0.2, 0) is 17.9 Å². The number of nitrogens with zero attached hydrogens (tertiary/aromatic N) is 4. The molecule has 2 aliphatic rings. The number of likely N-dealkylation sites (N-methyl/N-ethyl adjacent to an activating group) is 1. The number of aromatic nitrogens is 1. The molecule has 3 heterocycles. The molecule has 0 N–H and O–H groups in total. The molecule has 0 fully saturated rings. The van der Waals surface area contributed by atoms with Crippen molar-refractivity contribution in [3.8, 4) is 5.75 Å². The number of pyridine rings is 1. The number of rotatable bonds is 3. The Bertz CT molecular complexity index is 826. The van der Waals surface area contributed by atoms with Crippen molar-refractivity contribution in [1.29, 1.82) is 0 Å². The Morgan fingerprint density at radius 2 is 2.20 bits per heavy atom. The summed E-state index contributed by atoms with van der Waals surface area (Å²) in [5.41, 5.74) is 3.69. The highest BCUT2D eigenvalue weighted by molar-refractivity contribution is 5.72. The SMILES string of the molecule is CN1CCN(Cc2cc([N+](=O)[O-])cc3c2OCOC3)c2cnccc21. The molecule has 1 aromatic carbocycles. The summed E-state index contributed by atoms with van der Waals surface area (Å²) in [4.78, 5) is 19.5. The molecule has 0 unspecified atom stereocenters. The molecule has 0 saturated heterocycles. The highest BCUT2D eigenvalue weighted by atomic mass is 16.7. The van der Waals surface area contributed by atoms with E-state index < -0.39 is 0 Å². The van der Waals surface area contributed by atoms with Crippen LogP contribution in [0.25, 0.3) is 0 Å². The van der Waals surface area contributed by atoms with Crippen LogP contribution in [0.5, 0.6) is 5.75 Å². The number of non-ortho nitro benzene ring substituents is 1. The van der Waals surface area contributed by atoms with Crippen LogP contribution in [0.15, 0.2) is 30.6 Å². The Balaban J connectivity index is 1.72. The first-order valence-electron chi connectivity index (χ1n) is 8.04. The second-order valence-corrected chi connectivity index (χ2v) is 6.17. The number of nitro groups is 1. The molecule has 0 atom stereocenters. The van der Waals surface area contributed by atoms with Crippen LogP contribution in [-0.4, -0.2) is 36.8 Å². The maximum Gasteiger partial charge on any atom is 0.270 e. The molecule has 4 rings (SSSR count). The molecule has 0 spiro atoms. The highest BCUT2D eigenvalue weighted by Gasteiger charge is 2.25. The van der Waals surface area contributed by atoms with E-state index in [0.29, 0.717) is 18.9 Å². The van der Waals surface area contributed by atoms with Crippen LogP contribution >= 0.6 is 0 Å². The summed E-state index contributed by atoms with van der Waals surface area (Å²) in [6.45, 7) is 2.70. The first-order valence-corrected chi connectivity index (χ1v) is 8.04. The standard InChI is InChI=1S/C17H18N4O4/c1-19-4-5-20(16-8-18-3-2-15(16)19)9-12-6-14(21(22)23)7-13-10-24-11-25-17(12)13/h2-3,6-8H,4-5,9-11H2,1H3. The van der Waals surface area contributed by atoms with E-state index in [2.05, 4.69) is 14.8 Å². The van der Waals surface area contributed by atoms with E-state index in [4.69, 9.17) is 9.47 Å². The van der Waals surface area contributed by atoms with Crippen LogP contribution < -0.4 is 14.5 Å². The number of hydrogen-bond donors (Lipinski definition) is 0. The molecule has 2 aliphatic heterocycles. The summed E-state index contributed by atoms with van der Waals surface area (Å²) in [5, 5.41) is 11.3. The lowest BCUT2D eigenvalue weighted by Crippen LogP contribution is -2.39. The van der Waals surface area contributed by atoms with Gasteiger partial charge in [0.05, 0.1) is 29.1 Å². The summed E-state index contributed by atoms with van der Waals surface area (Å²) in [6, 6.07) is 5.10. The molecule has 8 heteroatoms. The second kappa shape index (κ2) is 6.21. The van der Waals surface area contributed by atoms with Crippen LogP contribution in [0.4, 0.5) is 17.1 Å². The molecule has 130 valence electrons. The molecule has 2 aromatic rings. The van der Waals surface area contributed by atoms with Gasteiger partial charge in [0, 0.05) is 56.1 Å². The van der Waals surface area contributed by atoms with Gasteiger partial charge in [0.2, 0.25) is 0 Å². The van der Waals surface area contributed by atoms with Gasteiger partial charge in [0.15, 0.2) is 6.79 Å². The van der Waals surface area contributed by atoms with Gasteiger partial charge in [-0.25, -0.2) is 0 Å². The third-order valence-electron chi connectivity index (χ3n) is 4.58.